The highest BCUT2D eigenvalue weighted by Crippen LogP contribution is 2.42. The normalized spacial score (nSPS) is 11.5. The smallest absolute Gasteiger partial charge is 0.143 e. The summed E-state index contributed by atoms with van der Waals surface area (Å²) in [5.74, 6) is -0.239. The number of anilines is 3. The molecule has 0 N–H and O–H groups in total. The average molecular weight is 747 g/mol. The molecule has 0 amide bonds. The summed E-state index contributed by atoms with van der Waals surface area (Å²) in [5.41, 5.74) is 14.6. The van der Waals surface area contributed by atoms with E-state index in [2.05, 4.69) is 179 Å². The minimum Gasteiger partial charge on any atom is -0.455 e. The molecule has 58 heavy (non-hydrogen) atoms. The molecule has 0 aliphatic heterocycles. The van der Waals surface area contributed by atoms with E-state index >= 15 is 0 Å². The Bertz CT molecular complexity index is 3260. The topological polar surface area (TPSA) is 21.3 Å². The van der Waals surface area contributed by atoms with Gasteiger partial charge in [-0.2, -0.15) is 0 Å². The lowest BCUT2D eigenvalue weighted by Gasteiger charge is -2.26. The van der Waals surface area contributed by atoms with E-state index in [1.54, 1.807) is 6.07 Å². The van der Waals surface area contributed by atoms with Crippen molar-refractivity contribution in [2.75, 3.05) is 4.90 Å². The van der Waals surface area contributed by atoms with Crippen LogP contribution in [0.1, 0.15) is 0 Å². The van der Waals surface area contributed by atoms with Gasteiger partial charge < -0.3 is 13.9 Å². The molecule has 0 unspecified atom stereocenters. The molecule has 9 aromatic carbocycles. The van der Waals surface area contributed by atoms with Crippen molar-refractivity contribution < 1.29 is 8.81 Å². The van der Waals surface area contributed by atoms with E-state index < -0.39 is 0 Å². The van der Waals surface area contributed by atoms with Crippen LogP contribution in [0.25, 0.3) is 82.8 Å². The van der Waals surface area contributed by atoms with Crippen molar-refractivity contribution in [2.45, 2.75) is 0 Å². The van der Waals surface area contributed by atoms with Gasteiger partial charge in [0.2, 0.25) is 0 Å². The Labute approximate surface area is 335 Å². The second-order valence-electron chi connectivity index (χ2n) is 14.7. The van der Waals surface area contributed by atoms with Crippen LogP contribution in [-0.2, 0) is 0 Å². The number of nitrogens with zero attached hydrogens (tertiary/aromatic N) is 2. The number of fused-ring (bicyclic) bond motifs is 6. The van der Waals surface area contributed by atoms with Gasteiger partial charge in [-0.05, 0) is 95.1 Å². The minimum absolute atomic E-state index is 0.239. The van der Waals surface area contributed by atoms with E-state index in [1.165, 1.54) is 11.6 Å². The fraction of sp³-hybridized carbons (Fsp3) is 0. The maximum Gasteiger partial charge on any atom is 0.143 e. The first kappa shape index (κ1) is 33.6. The Kier molecular flexibility index (Phi) is 8.00. The van der Waals surface area contributed by atoms with Crippen LogP contribution in [0.4, 0.5) is 21.5 Å². The molecule has 0 spiro atoms. The van der Waals surface area contributed by atoms with Crippen LogP contribution in [0, 0.1) is 5.82 Å². The molecule has 2 heterocycles. The van der Waals surface area contributed by atoms with Gasteiger partial charge >= 0.3 is 0 Å². The number of hydrogen-bond acceptors (Lipinski definition) is 2. The van der Waals surface area contributed by atoms with Gasteiger partial charge in [-0.15, -0.1) is 0 Å². The molecule has 0 saturated carbocycles. The highest BCUT2D eigenvalue weighted by molar-refractivity contribution is 6.13. The Balaban J connectivity index is 1.01. The summed E-state index contributed by atoms with van der Waals surface area (Å²) in [6.45, 7) is 0. The highest BCUT2D eigenvalue weighted by Gasteiger charge is 2.19. The van der Waals surface area contributed by atoms with Gasteiger partial charge in [-0.1, -0.05) is 140 Å². The minimum atomic E-state index is -0.239. The number of halogens is 1. The third-order valence-electron chi connectivity index (χ3n) is 11.3. The number of para-hydroxylation sites is 3. The van der Waals surface area contributed by atoms with Crippen molar-refractivity contribution >= 4 is 60.8 Å². The van der Waals surface area contributed by atoms with E-state index in [1.807, 2.05) is 30.3 Å². The highest BCUT2D eigenvalue weighted by atomic mass is 19.1. The second-order valence-corrected chi connectivity index (χ2v) is 14.7. The largest absolute Gasteiger partial charge is 0.455 e. The fourth-order valence-corrected chi connectivity index (χ4v) is 8.54. The van der Waals surface area contributed by atoms with E-state index in [0.717, 1.165) is 94.3 Å². The van der Waals surface area contributed by atoms with Gasteiger partial charge in [-0.25, -0.2) is 4.39 Å². The molecule has 0 atom stereocenters. The third-order valence-corrected chi connectivity index (χ3v) is 11.3. The summed E-state index contributed by atoms with van der Waals surface area (Å²) >= 11 is 0. The standard InChI is InChI=1S/C54H35FN2O/c55-40-25-34-52-50(35-40)47-15-7-8-20-51(47)57(52)44-32-30-43(31-33-44)56(41-26-21-37(22-27-41)36-11-3-1-4-12-36)42-28-23-39(24-29-42)46-17-10-19-49-48-18-9-16-45(53(48)58-54(46)49)38-13-5-2-6-14-38/h1-35H. The molecule has 274 valence electrons. The van der Waals surface area contributed by atoms with Crippen molar-refractivity contribution in [3.8, 4) is 39.1 Å². The second kappa shape index (κ2) is 13.8. The maximum atomic E-state index is 14.4. The quantitative estimate of drug-likeness (QED) is 0.162. The Hall–Kier alpha value is -7.69. The Morgan fingerprint density at radius 2 is 0.828 bits per heavy atom. The van der Waals surface area contributed by atoms with Gasteiger partial charge in [0.25, 0.3) is 0 Å². The van der Waals surface area contributed by atoms with Crippen molar-refractivity contribution in [3.63, 3.8) is 0 Å². The number of rotatable bonds is 7. The average Bonchev–Trinajstić information content (AvgIpc) is 3.84. The van der Waals surface area contributed by atoms with Crippen molar-refractivity contribution in [1.29, 1.82) is 0 Å². The van der Waals surface area contributed by atoms with E-state index in [0.29, 0.717) is 0 Å². The fourth-order valence-electron chi connectivity index (χ4n) is 8.54. The molecule has 0 fully saturated rings. The van der Waals surface area contributed by atoms with Crippen LogP contribution in [0.15, 0.2) is 217 Å². The molecular formula is C54H35FN2O. The Morgan fingerprint density at radius 1 is 0.362 bits per heavy atom. The molecule has 3 nitrogen and oxygen atoms in total. The number of benzene rings is 9. The first-order chi connectivity index (χ1) is 28.7. The summed E-state index contributed by atoms with van der Waals surface area (Å²) in [6.07, 6.45) is 0. The lowest BCUT2D eigenvalue weighted by molar-refractivity contribution is 0.629. The molecule has 0 bridgehead atoms. The van der Waals surface area contributed by atoms with Crippen LogP contribution in [0.3, 0.4) is 0 Å². The maximum absolute atomic E-state index is 14.4. The molecule has 11 rings (SSSR count). The van der Waals surface area contributed by atoms with Crippen LogP contribution < -0.4 is 4.90 Å². The monoisotopic (exact) mass is 746 g/mol. The van der Waals surface area contributed by atoms with Crippen LogP contribution in [0.5, 0.6) is 0 Å². The molecule has 0 radical (unpaired) electrons. The Morgan fingerprint density at radius 3 is 1.45 bits per heavy atom. The van der Waals surface area contributed by atoms with Crippen molar-refractivity contribution in [2.24, 2.45) is 0 Å². The zero-order valence-electron chi connectivity index (χ0n) is 31.4. The lowest BCUT2D eigenvalue weighted by atomic mass is 10.00. The zero-order valence-corrected chi connectivity index (χ0v) is 31.4. The van der Waals surface area contributed by atoms with Crippen molar-refractivity contribution in [1.82, 2.24) is 4.57 Å². The molecule has 11 aromatic rings. The van der Waals surface area contributed by atoms with Crippen LogP contribution in [-0.4, -0.2) is 4.57 Å². The number of furan rings is 1. The van der Waals surface area contributed by atoms with Gasteiger partial charge in [0.1, 0.15) is 17.0 Å². The van der Waals surface area contributed by atoms with Crippen LogP contribution in [0.2, 0.25) is 0 Å². The summed E-state index contributed by atoms with van der Waals surface area (Å²) in [7, 11) is 0. The predicted octanol–water partition coefficient (Wildman–Crippen LogP) is 15.3. The zero-order chi connectivity index (χ0) is 38.6. The SMILES string of the molecule is Fc1ccc2c(c1)c1ccccc1n2-c1ccc(N(c2ccc(-c3ccccc3)cc2)c2ccc(-c3cccc4c3oc3c(-c5ccccc5)cccc34)cc2)cc1. The van der Waals surface area contributed by atoms with Crippen LogP contribution >= 0.6 is 0 Å². The first-order valence-corrected chi connectivity index (χ1v) is 19.5. The lowest BCUT2D eigenvalue weighted by Crippen LogP contribution is -2.10. The summed E-state index contributed by atoms with van der Waals surface area (Å²) < 4.78 is 23.4. The van der Waals surface area contributed by atoms with Gasteiger partial charge in [0, 0.05) is 55.4 Å². The van der Waals surface area contributed by atoms with Gasteiger partial charge in [0.05, 0.1) is 11.0 Å². The number of aromatic nitrogens is 1. The molecule has 4 heteroatoms. The van der Waals surface area contributed by atoms with E-state index in [4.69, 9.17) is 4.42 Å². The molecule has 0 aliphatic carbocycles. The summed E-state index contributed by atoms with van der Waals surface area (Å²) in [4.78, 5) is 2.29. The predicted molar refractivity (Wildman–Crippen MR) is 239 cm³/mol. The van der Waals surface area contributed by atoms with Gasteiger partial charge in [-0.3, -0.25) is 0 Å². The van der Waals surface area contributed by atoms with Gasteiger partial charge in [0.15, 0.2) is 0 Å². The first-order valence-electron chi connectivity index (χ1n) is 19.5. The number of hydrogen-bond donors (Lipinski definition) is 0. The molecule has 2 aromatic heterocycles. The summed E-state index contributed by atoms with van der Waals surface area (Å²) in [6, 6.07) is 73.0. The van der Waals surface area contributed by atoms with E-state index in [9.17, 15) is 4.39 Å². The molecule has 0 saturated heterocycles. The van der Waals surface area contributed by atoms with Crippen molar-refractivity contribution in [3.05, 3.63) is 218 Å². The van der Waals surface area contributed by atoms with E-state index in [-0.39, 0.29) is 5.82 Å². The molecular weight excluding hydrogens is 712 g/mol. The third kappa shape index (κ3) is 5.65. The molecule has 0 aliphatic rings. The summed E-state index contributed by atoms with van der Waals surface area (Å²) in [5, 5.41) is 4.13.